The third kappa shape index (κ3) is 3.48. The molecule has 1 aliphatic heterocycles. The number of halogens is 2. The van der Waals surface area contributed by atoms with Crippen LogP contribution >= 0.6 is 27.5 Å². The number of rotatable bonds is 2. The summed E-state index contributed by atoms with van der Waals surface area (Å²) in [5, 5.41) is 14.5. The molecule has 0 radical (unpaired) electrons. The van der Waals surface area contributed by atoms with Gasteiger partial charge in [-0.05, 0) is 33.5 Å². The Morgan fingerprint density at radius 2 is 1.90 bits per heavy atom. The Morgan fingerprint density at radius 1 is 1.30 bits per heavy atom. The van der Waals surface area contributed by atoms with Gasteiger partial charge in [0.05, 0.1) is 4.47 Å². The lowest BCUT2D eigenvalue weighted by Crippen LogP contribution is -2.48. The average molecular weight is 362 g/mol. The molecule has 0 bridgehead atoms. The van der Waals surface area contributed by atoms with Gasteiger partial charge in [0.2, 0.25) is 0 Å². The van der Waals surface area contributed by atoms with Crippen molar-refractivity contribution in [1.82, 2.24) is 10.2 Å². The molecule has 1 fully saturated rings. The minimum Gasteiger partial charge on any atom is -0.506 e. The first kappa shape index (κ1) is 16.1. The largest absolute Gasteiger partial charge is 0.506 e. The lowest BCUT2D eigenvalue weighted by atomic mass is 9.80. The number of phenolic OH excluding ortho intramolecular Hbond substituents is 1. The maximum Gasteiger partial charge on any atom is 0.134 e. The third-order valence-corrected chi connectivity index (χ3v) is 4.51. The molecule has 1 heterocycles. The van der Waals surface area contributed by atoms with Crippen LogP contribution in [0.3, 0.4) is 0 Å². The molecule has 1 aromatic rings. The molecular weight excluding hydrogens is 340 g/mol. The second kappa shape index (κ2) is 6.22. The molecule has 0 spiro atoms. The number of hydrogen-bond acceptors (Lipinski definition) is 3. The summed E-state index contributed by atoms with van der Waals surface area (Å²) in [5.74, 6) is 0.299. The first-order valence-corrected chi connectivity index (χ1v) is 8.10. The van der Waals surface area contributed by atoms with Gasteiger partial charge < -0.3 is 10.4 Å². The van der Waals surface area contributed by atoms with Crippen molar-refractivity contribution in [2.45, 2.75) is 26.8 Å². The van der Waals surface area contributed by atoms with Gasteiger partial charge in [0, 0.05) is 42.8 Å². The first-order chi connectivity index (χ1) is 9.30. The molecule has 3 nitrogen and oxygen atoms in total. The van der Waals surface area contributed by atoms with Crippen molar-refractivity contribution in [3.05, 3.63) is 27.2 Å². The summed E-state index contributed by atoms with van der Waals surface area (Å²) in [4.78, 5) is 2.42. The van der Waals surface area contributed by atoms with E-state index in [4.69, 9.17) is 11.6 Å². The van der Waals surface area contributed by atoms with Crippen LogP contribution in [0, 0.1) is 5.41 Å². The number of hydrogen-bond donors (Lipinski definition) is 2. The van der Waals surface area contributed by atoms with Crippen molar-refractivity contribution in [3.63, 3.8) is 0 Å². The van der Waals surface area contributed by atoms with Crippen molar-refractivity contribution < 1.29 is 5.11 Å². The molecule has 1 saturated heterocycles. The van der Waals surface area contributed by atoms with Gasteiger partial charge in [-0.25, -0.2) is 0 Å². The molecule has 112 valence electrons. The molecule has 0 unspecified atom stereocenters. The zero-order valence-electron chi connectivity index (χ0n) is 12.2. The molecule has 0 saturated carbocycles. The zero-order chi connectivity index (χ0) is 14.9. The van der Waals surface area contributed by atoms with Crippen LogP contribution in [0.25, 0.3) is 0 Å². The lowest BCUT2D eigenvalue weighted by molar-refractivity contribution is 0.0842. The zero-order valence-corrected chi connectivity index (χ0v) is 14.6. The summed E-state index contributed by atoms with van der Waals surface area (Å²) in [5.41, 5.74) is 0.914. The van der Waals surface area contributed by atoms with Gasteiger partial charge in [-0.3, -0.25) is 4.90 Å². The Balaban J connectivity index is 2.46. The van der Waals surface area contributed by atoms with Crippen LogP contribution in [-0.2, 0) is 0 Å². The molecule has 2 rings (SSSR count). The van der Waals surface area contributed by atoms with Crippen LogP contribution in [0.15, 0.2) is 16.6 Å². The highest BCUT2D eigenvalue weighted by Gasteiger charge is 2.34. The molecule has 1 aromatic carbocycles. The smallest absolute Gasteiger partial charge is 0.134 e. The predicted molar refractivity (Wildman–Crippen MR) is 87.5 cm³/mol. The number of phenols is 1. The molecule has 0 aliphatic carbocycles. The number of nitrogens with one attached hydrogen (secondary N) is 1. The highest BCUT2D eigenvalue weighted by molar-refractivity contribution is 9.10. The van der Waals surface area contributed by atoms with Crippen LogP contribution < -0.4 is 5.32 Å². The fourth-order valence-electron chi connectivity index (χ4n) is 2.95. The minimum absolute atomic E-state index is 0.0128. The van der Waals surface area contributed by atoms with E-state index in [9.17, 15) is 5.11 Å². The predicted octanol–water partition coefficient (Wildman–Crippen LogP) is 3.80. The van der Waals surface area contributed by atoms with Crippen molar-refractivity contribution in [2.75, 3.05) is 26.2 Å². The standard InChI is InChI=1S/C15H22BrClN2O/c1-15(2,3)14(19-6-4-18-5-7-19)11-8-10(17)9-12(16)13(11)20/h8-9,14,18,20H,4-7H2,1-3H3/t14-/m1/s1. The first-order valence-electron chi connectivity index (χ1n) is 6.93. The Kier molecular flexibility index (Phi) is 5.00. The number of piperazine rings is 1. The summed E-state index contributed by atoms with van der Waals surface area (Å²) >= 11 is 9.57. The van der Waals surface area contributed by atoms with E-state index < -0.39 is 0 Å². The van der Waals surface area contributed by atoms with Gasteiger partial charge in [-0.2, -0.15) is 0 Å². The number of nitrogens with zero attached hydrogens (tertiary/aromatic N) is 1. The fourth-order valence-corrected chi connectivity index (χ4v) is 3.78. The fraction of sp³-hybridized carbons (Fsp3) is 0.600. The lowest BCUT2D eigenvalue weighted by Gasteiger charge is -2.43. The van der Waals surface area contributed by atoms with Crippen molar-refractivity contribution >= 4 is 27.5 Å². The quantitative estimate of drug-likeness (QED) is 0.841. The third-order valence-electron chi connectivity index (χ3n) is 3.69. The van der Waals surface area contributed by atoms with Crippen molar-refractivity contribution in [3.8, 4) is 5.75 Å². The second-order valence-corrected chi connectivity index (χ2v) is 7.67. The summed E-state index contributed by atoms with van der Waals surface area (Å²) in [6, 6.07) is 3.76. The Bertz CT molecular complexity index is 481. The van der Waals surface area contributed by atoms with E-state index in [-0.39, 0.29) is 11.5 Å². The van der Waals surface area contributed by atoms with E-state index in [1.807, 2.05) is 6.07 Å². The summed E-state index contributed by atoms with van der Waals surface area (Å²) in [7, 11) is 0. The molecule has 0 amide bonds. The molecular formula is C15H22BrClN2O. The van der Waals surface area contributed by atoms with E-state index in [0.29, 0.717) is 15.2 Å². The van der Waals surface area contributed by atoms with E-state index in [2.05, 4.69) is 46.9 Å². The van der Waals surface area contributed by atoms with Gasteiger partial charge in [-0.15, -0.1) is 0 Å². The van der Waals surface area contributed by atoms with Crippen LogP contribution in [0.1, 0.15) is 32.4 Å². The molecule has 1 atom stereocenters. The van der Waals surface area contributed by atoms with Crippen LogP contribution in [0.4, 0.5) is 0 Å². The van der Waals surface area contributed by atoms with Gasteiger partial charge in [0.15, 0.2) is 0 Å². The highest BCUT2D eigenvalue weighted by atomic mass is 79.9. The Hall–Kier alpha value is -0.290. The highest BCUT2D eigenvalue weighted by Crippen LogP contribution is 2.45. The molecule has 20 heavy (non-hydrogen) atoms. The van der Waals surface area contributed by atoms with E-state index in [1.165, 1.54) is 0 Å². The number of benzene rings is 1. The van der Waals surface area contributed by atoms with E-state index in [0.717, 1.165) is 31.7 Å². The van der Waals surface area contributed by atoms with Gasteiger partial charge in [0.25, 0.3) is 0 Å². The Morgan fingerprint density at radius 3 is 2.45 bits per heavy atom. The molecule has 2 N–H and O–H groups in total. The van der Waals surface area contributed by atoms with Crippen LogP contribution in [0.2, 0.25) is 5.02 Å². The van der Waals surface area contributed by atoms with E-state index in [1.54, 1.807) is 6.07 Å². The molecule has 1 aliphatic rings. The number of aromatic hydroxyl groups is 1. The maximum atomic E-state index is 10.4. The topological polar surface area (TPSA) is 35.5 Å². The SMILES string of the molecule is CC(C)(C)[C@@H](c1cc(Cl)cc(Br)c1O)N1CCNCC1. The molecule has 5 heteroatoms. The van der Waals surface area contributed by atoms with Gasteiger partial charge in [-0.1, -0.05) is 32.4 Å². The van der Waals surface area contributed by atoms with Crippen molar-refractivity contribution in [2.24, 2.45) is 5.41 Å². The molecule has 0 aromatic heterocycles. The van der Waals surface area contributed by atoms with Crippen molar-refractivity contribution in [1.29, 1.82) is 0 Å². The summed E-state index contributed by atoms with van der Waals surface area (Å²) in [6.45, 7) is 10.5. The summed E-state index contributed by atoms with van der Waals surface area (Å²) < 4.78 is 0.657. The van der Waals surface area contributed by atoms with Gasteiger partial charge in [0.1, 0.15) is 5.75 Å². The Labute approximate surface area is 134 Å². The van der Waals surface area contributed by atoms with Crippen LogP contribution in [-0.4, -0.2) is 36.2 Å². The normalized spacial score (nSPS) is 19.1. The summed E-state index contributed by atoms with van der Waals surface area (Å²) in [6.07, 6.45) is 0. The maximum absolute atomic E-state index is 10.4. The average Bonchev–Trinajstić information content (AvgIpc) is 2.35. The monoisotopic (exact) mass is 360 g/mol. The minimum atomic E-state index is 0.0128. The van der Waals surface area contributed by atoms with E-state index >= 15 is 0 Å². The van der Waals surface area contributed by atoms with Crippen LogP contribution in [0.5, 0.6) is 5.75 Å². The van der Waals surface area contributed by atoms with Gasteiger partial charge >= 0.3 is 0 Å². The second-order valence-electron chi connectivity index (χ2n) is 6.38.